The van der Waals surface area contributed by atoms with Crippen LogP contribution in [0.2, 0.25) is 0 Å². The Morgan fingerprint density at radius 3 is 2.48 bits per heavy atom. The summed E-state index contributed by atoms with van der Waals surface area (Å²) >= 11 is 0. The normalized spacial score (nSPS) is 11.5. The molecule has 0 fully saturated rings. The molecule has 0 aliphatic carbocycles. The summed E-state index contributed by atoms with van der Waals surface area (Å²) in [6, 6.07) is 8.38. The van der Waals surface area contributed by atoms with Crippen molar-refractivity contribution < 1.29 is 22.4 Å². The van der Waals surface area contributed by atoms with E-state index in [0.29, 0.717) is 5.56 Å². The zero-order valence-electron chi connectivity index (χ0n) is 11.2. The number of hydrogen-bond donors (Lipinski definition) is 0. The minimum Gasteiger partial charge on any atom is -0.294 e. The fraction of sp³-hybridized carbons (Fsp3) is 0.188. The van der Waals surface area contributed by atoms with Gasteiger partial charge in [-0.15, -0.1) is 0 Å². The number of halogens is 4. The lowest BCUT2D eigenvalue weighted by Gasteiger charge is -2.09. The first-order valence-electron chi connectivity index (χ1n) is 6.23. The Hall–Kier alpha value is -2.17. The Bertz CT molecular complexity index is 674. The Morgan fingerprint density at radius 2 is 1.81 bits per heavy atom. The third kappa shape index (κ3) is 3.68. The number of carbonyl (C=O) groups is 1. The molecule has 110 valence electrons. The lowest BCUT2D eigenvalue weighted by Crippen LogP contribution is -2.09. The van der Waals surface area contributed by atoms with Crippen LogP contribution in [0, 0.1) is 12.7 Å². The van der Waals surface area contributed by atoms with E-state index in [1.807, 2.05) is 0 Å². The molecule has 0 aliphatic rings. The van der Waals surface area contributed by atoms with Crippen LogP contribution in [0.3, 0.4) is 0 Å². The second kappa shape index (κ2) is 5.68. The van der Waals surface area contributed by atoms with E-state index < -0.39 is 23.3 Å². The zero-order chi connectivity index (χ0) is 15.6. The summed E-state index contributed by atoms with van der Waals surface area (Å²) < 4.78 is 51.0. The maximum absolute atomic E-state index is 13.2. The predicted octanol–water partition coefficient (Wildman–Crippen LogP) is 4.58. The first kappa shape index (κ1) is 15.2. The SMILES string of the molecule is Cc1ccc(F)cc1C(=O)Cc1cccc(C(F)(F)F)c1. The van der Waals surface area contributed by atoms with Gasteiger partial charge in [0.1, 0.15) is 5.82 Å². The molecule has 0 saturated heterocycles. The molecule has 0 heterocycles. The van der Waals surface area contributed by atoms with E-state index in [4.69, 9.17) is 0 Å². The maximum atomic E-state index is 13.2. The first-order valence-corrected chi connectivity index (χ1v) is 6.23. The number of hydrogen-bond acceptors (Lipinski definition) is 1. The Kier molecular flexibility index (Phi) is 4.11. The minimum absolute atomic E-state index is 0.187. The van der Waals surface area contributed by atoms with Crippen LogP contribution in [0.15, 0.2) is 42.5 Å². The summed E-state index contributed by atoms with van der Waals surface area (Å²) in [5, 5.41) is 0. The maximum Gasteiger partial charge on any atom is 0.416 e. The van der Waals surface area contributed by atoms with E-state index in [1.54, 1.807) is 6.92 Å². The summed E-state index contributed by atoms with van der Waals surface area (Å²) in [5.41, 5.74) is 0.225. The van der Waals surface area contributed by atoms with E-state index in [2.05, 4.69) is 0 Å². The summed E-state index contributed by atoms with van der Waals surface area (Å²) in [6.07, 6.45) is -4.65. The van der Waals surface area contributed by atoms with Gasteiger partial charge in [-0.05, 0) is 36.2 Å². The Morgan fingerprint density at radius 1 is 1.10 bits per heavy atom. The molecule has 0 radical (unpaired) electrons. The molecule has 5 heteroatoms. The molecule has 0 atom stereocenters. The van der Waals surface area contributed by atoms with Crippen LogP contribution in [0.4, 0.5) is 17.6 Å². The van der Waals surface area contributed by atoms with Gasteiger partial charge in [-0.1, -0.05) is 24.3 Å². The van der Waals surface area contributed by atoms with E-state index in [9.17, 15) is 22.4 Å². The predicted molar refractivity (Wildman–Crippen MR) is 70.6 cm³/mol. The van der Waals surface area contributed by atoms with Crippen molar-refractivity contribution in [3.63, 3.8) is 0 Å². The van der Waals surface area contributed by atoms with Gasteiger partial charge in [0.25, 0.3) is 0 Å². The smallest absolute Gasteiger partial charge is 0.294 e. The summed E-state index contributed by atoms with van der Waals surface area (Å²) in [4.78, 5) is 12.1. The van der Waals surface area contributed by atoms with Gasteiger partial charge in [0.05, 0.1) is 5.56 Å². The van der Waals surface area contributed by atoms with Crippen LogP contribution >= 0.6 is 0 Å². The van der Waals surface area contributed by atoms with Crippen LogP contribution in [-0.2, 0) is 12.6 Å². The van der Waals surface area contributed by atoms with E-state index in [0.717, 1.165) is 18.2 Å². The third-order valence-corrected chi connectivity index (χ3v) is 3.12. The van der Waals surface area contributed by atoms with Gasteiger partial charge in [0.2, 0.25) is 0 Å². The lowest BCUT2D eigenvalue weighted by atomic mass is 9.98. The number of alkyl halides is 3. The van der Waals surface area contributed by atoms with Crippen molar-refractivity contribution >= 4 is 5.78 Å². The second-order valence-corrected chi connectivity index (χ2v) is 4.76. The van der Waals surface area contributed by atoms with E-state index >= 15 is 0 Å². The summed E-state index contributed by atoms with van der Waals surface area (Å²) in [5.74, 6) is -0.959. The molecule has 0 aromatic heterocycles. The molecule has 2 aromatic carbocycles. The molecule has 0 saturated carbocycles. The van der Waals surface area contributed by atoms with Gasteiger partial charge in [-0.2, -0.15) is 13.2 Å². The van der Waals surface area contributed by atoms with Gasteiger partial charge < -0.3 is 0 Å². The van der Waals surface area contributed by atoms with Gasteiger partial charge in [-0.25, -0.2) is 4.39 Å². The number of ketones is 1. The minimum atomic E-state index is -4.45. The number of aryl methyl sites for hydroxylation is 1. The Balaban J connectivity index is 2.26. The molecule has 0 spiro atoms. The van der Waals surface area contributed by atoms with Crippen molar-refractivity contribution in [3.8, 4) is 0 Å². The standard InChI is InChI=1S/C16H12F4O/c1-10-5-6-13(17)9-14(10)15(21)8-11-3-2-4-12(7-11)16(18,19)20/h2-7,9H,8H2,1H3. The van der Waals surface area contributed by atoms with Crippen molar-refractivity contribution in [1.82, 2.24) is 0 Å². The third-order valence-electron chi connectivity index (χ3n) is 3.12. The largest absolute Gasteiger partial charge is 0.416 e. The van der Waals surface area contributed by atoms with E-state index in [-0.39, 0.29) is 17.5 Å². The quantitative estimate of drug-likeness (QED) is 0.598. The molecular formula is C16H12F4O. The van der Waals surface area contributed by atoms with Gasteiger partial charge >= 0.3 is 6.18 Å². The van der Waals surface area contributed by atoms with Crippen molar-refractivity contribution in [2.24, 2.45) is 0 Å². The number of rotatable bonds is 3. The molecule has 1 nitrogen and oxygen atoms in total. The molecule has 0 aliphatic heterocycles. The molecule has 0 bridgehead atoms. The monoisotopic (exact) mass is 296 g/mol. The number of carbonyl (C=O) groups excluding carboxylic acids is 1. The van der Waals surface area contributed by atoms with E-state index in [1.165, 1.54) is 24.3 Å². The fourth-order valence-electron chi connectivity index (χ4n) is 2.03. The number of benzene rings is 2. The van der Waals surface area contributed by atoms with Gasteiger partial charge in [-0.3, -0.25) is 4.79 Å². The highest BCUT2D eigenvalue weighted by atomic mass is 19.4. The van der Waals surface area contributed by atoms with Crippen molar-refractivity contribution in [2.75, 3.05) is 0 Å². The molecule has 21 heavy (non-hydrogen) atoms. The van der Waals surface area contributed by atoms with Gasteiger partial charge in [0, 0.05) is 12.0 Å². The molecule has 0 unspecified atom stereocenters. The van der Waals surface area contributed by atoms with Crippen LogP contribution in [0.25, 0.3) is 0 Å². The van der Waals surface area contributed by atoms with Crippen LogP contribution in [0.1, 0.15) is 27.0 Å². The highest BCUT2D eigenvalue weighted by molar-refractivity contribution is 5.98. The fourth-order valence-corrected chi connectivity index (χ4v) is 2.03. The van der Waals surface area contributed by atoms with Crippen LogP contribution < -0.4 is 0 Å². The summed E-state index contributed by atoms with van der Waals surface area (Å²) in [6.45, 7) is 1.65. The highest BCUT2D eigenvalue weighted by Gasteiger charge is 2.30. The molecular weight excluding hydrogens is 284 g/mol. The molecule has 2 aromatic rings. The average molecular weight is 296 g/mol. The lowest BCUT2D eigenvalue weighted by molar-refractivity contribution is -0.137. The van der Waals surface area contributed by atoms with Crippen LogP contribution in [-0.4, -0.2) is 5.78 Å². The van der Waals surface area contributed by atoms with Crippen molar-refractivity contribution in [3.05, 3.63) is 70.5 Å². The average Bonchev–Trinajstić information content (AvgIpc) is 2.41. The van der Waals surface area contributed by atoms with Gasteiger partial charge in [0.15, 0.2) is 5.78 Å². The molecule has 2 rings (SSSR count). The number of Topliss-reactive ketones (excluding diaryl/α,β-unsaturated/α-hetero) is 1. The van der Waals surface area contributed by atoms with Crippen molar-refractivity contribution in [2.45, 2.75) is 19.5 Å². The highest BCUT2D eigenvalue weighted by Crippen LogP contribution is 2.29. The Labute approximate surface area is 119 Å². The molecule has 0 amide bonds. The second-order valence-electron chi connectivity index (χ2n) is 4.76. The van der Waals surface area contributed by atoms with Crippen molar-refractivity contribution in [1.29, 1.82) is 0 Å². The first-order chi connectivity index (χ1) is 9.77. The molecule has 0 N–H and O–H groups in total. The van der Waals surface area contributed by atoms with Crippen LogP contribution in [0.5, 0.6) is 0 Å². The zero-order valence-corrected chi connectivity index (χ0v) is 11.2. The topological polar surface area (TPSA) is 17.1 Å². The summed E-state index contributed by atoms with van der Waals surface area (Å²) in [7, 11) is 0.